The van der Waals surface area contributed by atoms with Gasteiger partial charge in [-0.2, -0.15) is 0 Å². The Kier molecular flexibility index (Phi) is 7.00. The van der Waals surface area contributed by atoms with Gasteiger partial charge in [0.1, 0.15) is 0 Å². The molecule has 164 valence electrons. The van der Waals surface area contributed by atoms with E-state index >= 15 is 0 Å². The molecule has 1 atom stereocenters. The van der Waals surface area contributed by atoms with Gasteiger partial charge in [0.25, 0.3) is 0 Å². The second-order valence-corrected chi connectivity index (χ2v) is 8.94. The molecule has 2 N–H and O–H groups in total. The quantitative estimate of drug-likeness (QED) is 0.658. The number of halogens is 2. The molecule has 2 aliphatic rings. The van der Waals surface area contributed by atoms with Crippen LogP contribution in [0.1, 0.15) is 25.7 Å². The zero-order chi connectivity index (χ0) is 21.8. The molecule has 2 aromatic carbocycles. The number of nitrogens with zero attached hydrogens (tertiary/aromatic N) is 2. The molecule has 2 saturated heterocycles. The molecular weight excluding hydrogens is 435 g/mol. The number of rotatable bonds is 6. The fourth-order valence-electron chi connectivity index (χ4n) is 4.28. The van der Waals surface area contributed by atoms with Gasteiger partial charge < -0.3 is 15.5 Å². The van der Waals surface area contributed by atoms with Crippen molar-refractivity contribution in [1.29, 1.82) is 0 Å². The summed E-state index contributed by atoms with van der Waals surface area (Å²) in [5.74, 6) is -0.280. The van der Waals surface area contributed by atoms with Gasteiger partial charge in [-0.15, -0.1) is 0 Å². The maximum absolute atomic E-state index is 12.8. The molecular formula is C23H26Cl2N4O2. The first-order chi connectivity index (χ1) is 15.0. The zero-order valence-electron chi connectivity index (χ0n) is 17.2. The summed E-state index contributed by atoms with van der Waals surface area (Å²) in [7, 11) is 0. The van der Waals surface area contributed by atoms with E-state index in [0.717, 1.165) is 25.2 Å². The van der Waals surface area contributed by atoms with Crippen molar-refractivity contribution in [2.45, 2.75) is 31.7 Å². The molecule has 0 bridgehead atoms. The van der Waals surface area contributed by atoms with Crippen molar-refractivity contribution in [3.05, 3.63) is 52.5 Å². The van der Waals surface area contributed by atoms with Crippen LogP contribution in [0.25, 0.3) is 0 Å². The molecule has 2 aromatic rings. The highest BCUT2D eigenvalue weighted by Crippen LogP contribution is 2.25. The molecule has 8 heteroatoms. The van der Waals surface area contributed by atoms with Gasteiger partial charge in [0.05, 0.1) is 12.6 Å². The molecule has 31 heavy (non-hydrogen) atoms. The third-order valence-corrected chi connectivity index (χ3v) is 6.20. The number of nitrogens with one attached hydrogen (secondary N) is 2. The van der Waals surface area contributed by atoms with E-state index in [9.17, 15) is 9.59 Å². The van der Waals surface area contributed by atoms with Crippen molar-refractivity contribution in [3.63, 3.8) is 0 Å². The predicted octanol–water partition coefficient (Wildman–Crippen LogP) is 4.64. The van der Waals surface area contributed by atoms with Crippen LogP contribution in [0.2, 0.25) is 10.0 Å². The molecule has 2 heterocycles. The Morgan fingerprint density at radius 1 is 0.871 bits per heavy atom. The Balaban J connectivity index is 1.32. The highest BCUT2D eigenvalue weighted by Gasteiger charge is 2.32. The monoisotopic (exact) mass is 460 g/mol. The topological polar surface area (TPSA) is 64.7 Å². The van der Waals surface area contributed by atoms with E-state index in [1.165, 1.54) is 18.5 Å². The first-order valence-corrected chi connectivity index (χ1v) is 11.4. The third-order valence-electron chi connectivity index (χ3n) is 5.77. The molecule has 4 rings (SSSR count). The first-order valence-electron chi connectivity index (χ1n) is 10.6. The summed E-state index contributed by atoms with van der Waals surface area (Å²) in [6.07, 6.45) is 4.03. The van der Waals surface area contributed by atoms with Gasteiger partial charge in [-0.3, -0.25) is 14.5 Å². The maximum atomic E-state index is 12.8. The maximum Gasteiger partial charge on any atom is 0.241 e. The Labute approximate surface area is 192 Å². The normalized spacial score (nSPS) is 18.9. The van der Waals surface area contributed by atoms with Gasteiger partial charge in [-0.25, -0.2) is 0 Å². The minimum absolute atomic E-state index is 0.126. The minimum atomic E-state index is -0.360. The molecule has 0 saturated carbocycles. The zero-order valence-corrected chi connectivity index (χ0v) is 18.8. The smallest absolute Gasteiger partial charge is 0.241 e. The number of hydrogen-bond acceptors (Lipinski definition) is 4. The number of carbonyl (C=O) groups is 2. The van der Waals surface area contributed by atoms with Crippen molar-refractivity contribution in [2.75, 3.05) is 41.7 Å². The van der Waals surface area contributed by atoms with E-state index in [0.29, 0.717) is 28.7 Å². The van der Waals surface area contributed by atoms with Crippen LogP contribution in [-0.2, 0) is 9.59 Å². The lowest BCUT2D eigenvalue weighted by molar-refractivity contribution is -0.122. The lowest BCUT2D eigenvalue weighted by atomic mass is 10.2. The third kappa shape index (κ3) is 5.70. The number of amides is 2. The van der Waals surface area contributed by atoms with E-state index in [1.54, 1.807) is 18.2 Å². The Morgan fingerprint density at radius 3 is 2.23 bits per heavy atom. The van der Waals surface area contributed by atoms with Gasteiger partial charge in [-0.05, 0) is 74.7 Å². The number of carbonyl (C=O) groups excluding carboxylic acids is 2. The second kappa shape index (κ2) is 9.90. The van der Waals surface area contributed by atoms with E-state index in [4.69, 9.17) is 23.2 Å². The highest BCUT2D eigenvalue weighted by atomic mass is 35.5. The van der Waals surface area contributed by atoms with E-state index < -0.39 is 0 Å². The Hall–Kier alpha value is -2.28. The van der Waals surface area contributed by atoms with Gasteiger partial charge in [-0.1, -0.05) is 23.2 Å². The van der Waals surface area contributed by atoms with Crippen LogP contribution >= 0.6 is 23.2 Å². The molecule has 0 aromatic heterocycles. The van der Waals surface area contributed by atoms with Gasteiger partial charge in [0, 0.05) is 40.2 Å². The van der Waals surface area contributed by atoms with Crippen molar-refractivity contribution >= 4 is 52.1 Å². The highest BCUT2D eigenvalue weighted by molar-refractivity contribution is 6.35. The molecule has 0 radical (unpaired) electrons. The van der Waals surface area contributed by atoms with Gasteiger partial charge in [0.2, 0.25) is 11.8 Å². The average molecular weight is 461 g/mol. The second-order valence-electron chi connectivity index (χ2n) is 8.07. The van der Waals surface area contributed by atoms with E-state index in [1.807, 2.05) is 29.2 Å². The van der Waals surface area contributed by atoms with E-state index in [2.05, 4.69) is 15.5 Å². The van der Waals surface area contributed by atoms with Crippen molar-refractivity contribution in [2.24, 2.45) is 0 Å². The lowest BCUT2D eigenvalue weighted by Gasteiger charge is -2.23. The molecule has 2 fully saturated rings. The summed E-state index contributed by atoms with van der Waals surface area (Å²) in [6, 6.07) is 12.5. The number of benzene rings is 2. The molecule has 2 amide bonds. The largest absolute Gasteiger partial charge is 0.372 e. The molecule has 1 unspecified atom stereocenters. The fraction of sp³-hybridized carbons (Fsp3) is 0.391. The van der Waals surface area contributed by atoms with Crippen LogP contribution in [0.15, 0.2) is 42.5 Å². The van der Waals surface area contributed by atoms with Crippen LogP contribution in [0, 0.1) is 0 Å². The SMILES string of the molecule is O=C(CN1CCCC1C(=O)Nc1cc(Cl)cc(Cl)c1)Nc1ccc(N2CCCC2)cc1. The summed E-state index contributed by atoms with van der Waals surface area (Å²) >= 11 is 12.0. The Bertz CT molecular complexity index is 925. The Morgan fingerprint density at radius 2 is 1.55 bits per heavy atom. The van der Waals surface area contributed by atoms with Crippen LogP contribution < -0.4 is 15.5 Å². The summed E-state index contributed by atoms with van der Waals surface area (Å²) in [6.45, 7) is 3.05. The minimum Gasteiger partial charge on any atom is -0.372 e. The number of likely N-dealkylation sites (tertiary alicyclic amines) is 1. The fourth-order valence-corrected chi connectivity index (χ4v) is 4.81. The van der Waals surface area contributed by atoms with Crippen molar-refractivity contribution in [3.8, 4) is 0 Å². The predicted molar refractivity (Wildman–Crippen MR) is 126 cm³/mol. The summed E-state index contributed by atoms with van der Waals surface area (Å²) in [5, 5.41) is 6.73. The first kappa shape index (κ1) is 21.9. The molecule has 2 aliphatic heterocycles. The molecule has 6 nitrogen and oxygen atoms in total. The number of hydrogen-bond donors (Lipinski definition) is 2. The van der Waals surface area contributed by atoms with Crippen LogP contribution in [0.4, 0.5) is 17.1 Å². The standard InChI is InChI=1S/C23H26Cl2N4O2/c24-16-12-17(25)14-19(13-16)27-23(31)21-4-3-11-29(21)15-22(30)26-18-5-7-20(8-6-18)28-9-1-2-10-28/h5-8,12-14,21H,1-4,9-11,15H2,(H,26,30)(H,27,31). The van der Waals surface area contributed by atoms with Crippen molar-refractivity contribution in [1.82, 2.24) is 4.90 Å². The summed E-state index contributed by atoms with van der Waals surface area (Å²) in [4.78, 5) is 29.6. The summed E-state index contributed by atoms with van der Waals surface area (Å²) < 4.78 is 0. The van der Waals surface area contributed by atoms with Crippen LogP contribution in [0.3, 0.4) is 0 Å². The molecule has 0 aliphatic carbocycles. The van der Waals surface area contributed by atoms with Gasteiger partial charge in [0.15, 0.2) is 0 Å². The van der Waals surface area contributed by atoms with Crippen LogP contribution in [0.5, 0.6) is 0 Å². The summed E-state index contributed by atoms with van der Waals surface area (Å²) in [5.41, 5.74) is 2.51. The number of anilines is 3. The average Bonchev–Trinajstić information content (AvgIpc) is 3.40. The van der Waals surface area contributed by atoms with E-state index in [-0.39, 0.29) is 24.4 Å². The lowest BCUT2D eigenvalue weighted by Crippen LogP contribution is -2.43. The van der Waals surface area contributed by atoms with Crippen molar-refractivity contribution < 1.29 is 9.59 Å². The van der Waals surface area contributed by atoms with Crippen LogP contribution in [-0.4, -0.2) is 48.9 Å². The van der Waals surface area contributed by atoms with Gasteiger partial charge >= 0.3 is 0 Å². The molecule has 0 spiro atoms.